The van der Waals surface area contributed by atoms with Crippen molar-refractivity contribution in [3.8, 4) is 39.6 Å². The number of carboxylic acids is 1. The zero-order valence-electron chi connectivity index (χ0n) is 18.3. The van der Waals surface area contributed by atoms with Gasteiger partial charge in [0, 0.05) is 32.6 Å². The molecule has 0 atom stereocenters. The summed E-state index contributed by atoms with van der Waals surface area (Å²) in [5.74, 6) is -1.02. The fourth-order valence-corrected chi connectivity index (χ4v) is 4.68. The van der Waals surface area contributed by atoms with Crippen LogP contribution in [0.5, 0.6) is 0 Å². The molecule has 0 bridgehead atoms. The smallest absolute Gasteiger partial charge is 0.335 e. The van der Waals surface area contributed by atoms with Crippen molar-refractivity contribution >= 4 is 28.5 Å². The number of para-hydroxylation sites is 1. The van der Waals surface area contributed by atoms with Crippen LogP contribution in [0, 0.1) is 18.3 Å². The largest absolute Gasteiger partial charge is 0.478 e. The molecule has 0 saturated carbocycles. The predicted molar refractivity (Wildman–Crippen MR) is 136 cm³/mol. The third-order valence-corrected chi connectivity index (χ3v) is 6.35. The number of H-pyrrole nitrogens is 1. The lowest BCUT2D eigenvalue weighted by Gasteiger charge is -2.11. The molecule has 5 heteroatoms. The molecule has 0 spiro atoms. The fraction of sp³-hybridized carbons (Fsp3) is 0.0345. The van der Waals surface area contributed by atoms with E-state index in [-0.39, 0.29) is 5.56 Å². The summed E-state index contributed by atoms with van der Waals surface area (Å²) >= 11 is 6.45. The van der Waals surface area contributed by atoms with Crippen molar-refractivity contribution in [1.29, 1.82) is 5.26 Å². The topological polar surface area (TPSA) is 76.9 Å². The molecule has 0 amide bonds. The van der Waals surface area contributed by atoms with Crippen molar-refractivity contribution in [3.63, 3.8) is 0 Å². The normalized spacial score (nSPS) is 10.9. The van der Waals surface area contributed by atoms with Crippen LogP contribution in [0.3, 0.4) is 0 Å². The summed E-state index contributed by atoms with van der Waals surface area (Å²) in [6.07, 6.45) is 0. The Morgan fingerprint density at radius 1 is 0.912 bits per heavy atom. The van der Waals surface area contributed by atoms with E-state index in [4.69, 9.17) is 11.6 Å². The van der Waals surface area contributed by atoms with Crippen LogP contribution in [0.15, 0.2) is 84.9 Å². The molecule has 4 nitrogen and oxygen atoms in total. The molecular weight excluding hydrogens is 444 g/mol. The quantitative estimate of drug-likeness (QED) is 0.287. The second-order valence-corrected chi connectivity index (χ2v) is 8.52. The van der Waals surface area contributed by atoms with E-state index in [0.29, 0.717) is 10.6 Å². The minimum Gasteiger partial charge on any atom is -0.478 e. The molecule has 2 N–H and O–H groups in total. The van der Waals surface area contributed by atoms with Crippen LogP contribution in [-0.2, 0) is 0 Å². The minimum absolute atomic E-state index is 0.145. The molecule has 0 radical (unpaired) electrons. The summed E-state index contributed by atoms with van der Waals surface area (Å²) in [6, 6.07) is 29.0. The van der Waals surface area contributed by atoms with Gasteiger partial charge in [0.25, 0.3) is 0 Å². The van der Waals surface area contributed by atoms with Crippen LogP contribution in [0.4, 0.5) is 0 Å². The molecule has 5 rings (SSSR count). The number of benzene rings is 4. The van der Waals surface area contributed by atoms with E-state index < -0.39 is 5.97 Å². The monoisotopic (exact) mass is 462 g/mol. The number of nitrogens with one attached hydrogen (secondary N) is 1. The molecule has 0 aliphatic heterocycles. The Bertz CT molecular complexity index is 1630. The SMILES string of the molecule is Cc1cccc(-c2c(-c3cccc(-c4ccc(C(=O)O)cc4Cl)c3)[nH]c3ccccc23)c1C#N. The second-order valence-electron chi connectivity index (χ2n) is 8.11. The van der Waals surface area contributed by atoms with Gasteiger partial charge >= 0.3 is 5.97 Å². The lowest BCUT2D eigenvalue weighted by Crippen LogP contribution is -1.96. The summed E-state index contributed by atoms with van der Waals surface area (Å²) < 4.78 is 0. The number of aryl methyl sites for hydroxylation is 1. The maximum absolute atomic E-state index is 11.3. The van der Waals surface area contributed by atoms with E-state index in [1.54, 1.807) is 12.1 Å². The van der Waals surface area contributed by atoms with Gasteiger partial charge < -0.3 is 10.1 Å². The number of carboxylic acid groups (broad SMARTS) is 1. The number of nitriles is 1. The van der Waals surface area contributed by atoms with E-state index in [1.165, 1.54) is 6.07 Å². The fourth-order valence-electron chi connectivity index (χ4n) is 4.39. The van der Waals surface area contributed by atoms with E-state index in [9.17, 15) is 15.2 Å². The van der Waals surface area contributed by atoms with Gasteiger partial charge in [-0.15, -0.1) is 0 Å². The van der Waals surface area contributed by atoms with Gasteiger partial charge in [-0.05, 0) is 47.9 Å². The predicted octanol–water partition coefficient (Wildman–Crippen LogP) is 7.70. The maximum atomic E-state index is 11.3. The summed E-state index contributed by atoms with van der Waals surface area (Å²) in [7, 11) is 0. The Labute approximate surface area is 201 Å². The van der Waals surface area contributed by atoms with Gasteiger partial charge in [0.15, 0.2) is 0 Å². The van der Waals surface area contributed by atoms with Gasteiger partial charge in [-0.2, -0.15) is 5.26 Å². The van der Waals surface area contributed by atoms with Crippen molar-refractivity contribution in [2.75, 3.05) is 0 Å². The number of halogens is 1. The number of nitrogens with zero attached hydrogens (tertiary/aromatic N) is 1. The minimum atomic E-state index is -1.02. The molecule has 0 saturated heterocycles. The third kappa shape index (κ3) is 3.63. The van der Waals surface area contributed by atoms with E-state index in [0.717, 1.165) is 50.0 Å². The maximum Gasteiger partial charge on any atom is 0.335 e. The Kier molecular flexibility index (Phi) is 5.41. The van der Waals surface area contributed by atoms with Gasteiger partial charge in [-0.3, -0.25) is 0 Å². The number of aromatic amines is 1. The molecule has 34 heavy (non-hydrogen) atoms. The molecule has 5 aromatic rings. The van der Waals surface area contributed by atoms with Crippen molar-refractivity contribution in [3.05, 3.63) is 107 Å². The van der Waals surface area contributed by atoms with Gasteiger partial charge in [0.2, 0.25) is 0 Å². The first-order chi connectivity index (χ1) is 16.5. The molecule has 164 valence electrons. The lowest BCUT2D eigenvalue weighted by molar-refractivity contribution is 0.0697. The first-order valence-electron chi connectivity index (χ1n) is 10.7. The van der Waals surface area contributed by atoms with Crippen LogP contribution in [0.2, 0.25) is 5.02 Å². The van der Waals surface area contributed by atoms with Crippen LogP contribution in [-0.4, -0.2) is 16.1 Å². The first kappa shape index (κ1) is 21.5. The second kappa shape index (κ2) is 8.55. The molecular formula is C29H19ClN2O2. The van der Waals surface area contributed by atoms with Crippen molar-refractivity contribution < 1.29 is 9.90 Å². The van der Waals surface area contributed by atoms with Gasteiger partial charge in [-0.1, -0.05) is 72.3 Å². The average Bonchev–Trinajstić information content (AvgIpc) is 3.23. The van der Waals surface area contributed by atoms with Gasteiger partial charge in [0.1, 0.15) is 6.07 Å². The van der Waals surface area contributed by atoms with Crippen molar-refractivity contribution in [2.45, 2.75) is 6.92 Å². The molecule has 1 heterocycles. The standard InChI is InChI=1S/C29H19ClN2O2/c1-17-6-4-10-22(24(17)16-31)27-23-9-2-3-11-26(23)32-28(27)19-8-5-7-18(14-19)21-13-12-20(29(33)34)15-25(21)30/h2-15,32H,1H3,(H,33,34). The third-order valence-electron chi connectivity index (χ3n) is 6.04. The van der Waals surface area contributed by atoms with Crippen LogP contribution in [0.1, 0.15) is 21.5 Å². The highest BCUT2D eigenvalue weighted by Gasteiger charge is 2.19. The molecule has 0 aliphatic rings. The molecule has 0 unspecified atom stereocenters. The number of aromatic carboxylic acids is 1. The highest BCUT2D eigenvalue weighted by Crippen LogP contribution is 2.41. The van der Waals surface area contributed by atoms with Crippen LogP contribution in [0.25, 0.3) is 44.4 Å². The summed E-state index contributed by atoms with van der Waals surface area (Å²) in [5, 5.41) is 20.6. The Balaban J connectivity index is 1.74. The number of carbonyl (C=O) groups is 1. The number of fused-ring (bicyclic) bond motifs is 1. The first-order valence-corrected chi connectivity index (χ1v) is 11.1. The highest BCUT2D eigenvalue weighted by atomic mass is 35.5. The highest BCUT2D eigenvalue weighted by molar-refractivity contribution is 6.33. The summed E-state index contributed by atoms with van der Waals surface area (Å²) in [5.41, 5.74) is 8.01. The molecule has 0 aliphatic carbocycles. The average molecular weight is 463 g/mol. The lowest BCUT2D eigenvalue weighted by atomic mass is 9.92. The number of rotatable bonds is 4. The Morgan fingerprint density at radius 2 is 1.68 bits per heavy atom. The number of hydrogen-bond donors (Lipinski definition) is 2. The van der Waals surface area contributed by atoms with Crippen LogP contribution < -0.4 is 0 Å². The van der Waals surface area contributed by atoms with Crippen LogP contribution >= 0.6 is 11.6 Å². The van der Waals surface area contributed by atoms with Gasteiger partial charge in [0.05, 0.1) is 16.8 Å². The number of hydrogen-bond acceptors (Lipinski definition) is 2. The summed E-state index contributed by atoms with van der Waals surface area (Å²) in [6.45, 7) is 1.94. The summed E-state index contributed by atoms with van der Waals surface area (Å²) in [4.78, 5) is 14.8. The van der Waals surface area contributed by atoms with E-state index in [1.807, 2.05) is 67.6 Å². The van der Waals surface area contributed by atoms with E-state index >= 15 is 0 Å². The van der Waals surface area contributed by atoms with Crippen molar-refractivity contribution in [2.24, 2.45) is 0 Å². The van der Waals surface area contributed by atoms with E-state index in [2.05, 4.69) is 17.1 Å². The van der Waals surface area contributed by atoms with Gasteiger partial charge in [-0.25, -0.2) is 4.79 Å². The molecule has 4 aromatic carbocycles. The zero-order chi connectivity index (χ0) is 23.8. The zero-order valence-corrected chi connectivity index (χ0v) is 19.0. The Morgan fingerprint density at radius 3 is 2.44 bits per heavy atom. The molecule has 1 aromatic heterocycles. The molecule has 0 fully saturated rings. The number of aromatic nitrogens is 1. The Hall–Kier alpha value is -4.33. The van der Waals surface area contributed by atoms with Crippen molar-refractivity contribution in [1.82, 2.24) is 4.98 Å².